The van der Waals surface area contributed by atoms with Crippen LogP contribution in [0.2, 0.25) is 0 Å². The Morgan fingerprint density at radius 2 is 1.50 bits per heavy atom. The van der Waals surface area contributed by atoms with E-state index in [9.17, 15) is 4.79 Å². The molecule has 0 aromatic carbocycles. The molecule has 92 valence electrons. The van der Waals surface area contributed by atoms with E-state index in [0.717, 1.165) is 0 Å². The van der Waals surface area contributed by atoms with Crippen LogP contribution >= 0.6 is 0 Å². The molecule has 1 amide bonds. The second-order valence-electron chi connectivity index (χ2n) is 3.27. The first kappa shape index (κ1) is 13.4. The van der Waals surface area contributed by atoms with Gasteiger partial charge in [-0.15, -0.1) is 0 Å². The second-order valence-corrected chi connectivity index (χ2v) is 3.27. The van der Waals surface area contributed by atoms with Crippen molar-refractivity contribution in [3.8, 4) is 0 Å². The SMILES string of the molecule is NC(=O)C1=C\N/N=C/C=C\C=C\C=C\C=C\C=C\1. The maximum atomic E-state index is 11.1. The summed E-state index contributed by atoms with van der Waals surface area (Å²) in [6.07, 6.45) is 21.2. The standard InChI is InChI=1S/C14H15N3O/c15-14(18)13-10-8-6-4-2-1-3-5-7-9-11-16-17-12-13/h1-12,17H,(H2,15,18)/b2-1+,5-3+,6-4+,9-7-,10-8+,13-12-,16-11+. The van der Waals surface area contributed by atoms with Crippen LogP contribution < -0.4 is 11.2 Å². The largest absolute Gasteiger partial charge is 0.366 e. The number of primary amides is 1. The van der Waals surface area contributed by atoms with Crippen molar-refractivity contribution in [1.29, 1.82) is 0 Å². The first-order valence-corrected chi connectivity index (χ1v) is 5.42. The molecule has 0 saturated carbocycles. The lowest BCUT2D eigenvalue weighted by Crippen LogP contribution is -2.14. The number of carbonyl (C=O) groups excluding carboxylic acids is 1. The number of rotatable bonds is 1. The summed E-state index contributed by atoms with van der Waals surface area (Å²) in [6.45, 7) is 0. The minimum atomic E-state index is -0.514. The van der Waals surface area contributed by atoms with Crippen LogP contribution in [-0.4, -0.2) is 12.1 Å². The molecule has 0 atom stereocenters. The van der Waals surface area contributed by atoms with Gasteiger partial charge in [-0.25, -0.2) is 0 Å². The fourth-order valence-corrected chi connectivity index (χ4v) is 1.05. The van der Waals surface area contributed by atoms with E-state index in [1.165, 1.54) is 6.20 Å². The number of hydrogen-bond acceptors (Lipinski definition) is 3. The third-order valence-electron chi connectivity index (χ3n) is 1.90. The van der Waals surface area contributed by atoms with Crippen molar-refractivity contribution >= 4 is 12.1 Å². The maximum Gasteiger partial charge on any atom is 0.250 e. The minimum absolute atomic E-state index is 0.345. The zero-order chi connectivity index (χ0) is 13.1. The highest BCUT2D eigenvalue weighted by molar-refractivity contribution is 5.94. The molecule has 0 aromatic heterocycles. The van der Waals surface area contributed by atoms with Crippen LogP contribution in [-0.2, 0) is 4.79 Å². The van der Waals surface area contributed by atoms with Crippen molar-refractivity contribution in [3.63, 3.8) is 0 Å². The van der Waals surface area contributed by atoms with Gasteiger partial charge in [-0.3, -0.25) is 10.2 Å². The summed E-state index contributed by atoms with van der Waals surface area (Å²) in [4.78, 5) is 11.1. The Labute approximate surface area is 106 Å². The smallest absolute Gasteiger partial charge is 0.250 e. The quantitative estimate of drug-likeness (QED) is 0.734. The van der Waals surface area contributed by atoms with Crippen LogP contribution in [0.1, 0.15) is 0 Å². The maximum absolute atomic E-state index is 11.1. The first-order chi connectivity index (χ1) is 8.80. The van der Waals surface area contributed by atoms with Crippen LogP contribution in [0.4, 0.5) is 0 Å². The van der Waals surface area contributed by atoms with E-state index in [-0.39, 0.29) is 0 Å². The van der Waals surface area contributed by atoms with E-state index < -0.39 is 5.91 Å². The van der Waals surface area contributed by atoms with Crippen molar-refractivity contribution in [3.05, 3.63) is 72.5 Å². The first-order valence-electron chi connectivity index (χ1n) is 5.42. The Morgan fingerprint density at radius 1 is 0.944 bits per heavy atom. The molecule has 0 saturated heterocycles. The molecular weight excluding hydrogens is 226 g/mol. The Morgan fingerprint density at radius 3 is 2.11 bits per heavy atom. The van der Waals surface area contributed by atoms with Gasteiger partial charge in [-0.05, 0) is 12.2 Å². The zero-order valence-corrected chi connectivity index (χ0v) is 9.86. The molecule has 0 radical (unpaired) electrons. The third-order valence-corrected chi connectivity index (χ3v) is 1.90. The minimum Gasteiger partial charge on any atom is -0.366 e. The van der Waals surface area contributed by atoms with Gasteiger partial charge in [0.15, 0.2) is 0 Å². The molecule has 0 spiro atoms. The van der Waals surface area contributed by atoms with Gasteiger partial charge in [0.1, 0.15) is 0 Å². The topological polar surface area (TPSA) is 67.5 Å². The van der Waals surface area contributed by atoms with Crippen LogP contribution in [0.25, 0.3) is 0 Å². The number of allylic oxidation sites excluding steroid dienone is 9. The van der Waals surface area contributed by atoms with Gasteiger partial charge in [0.05, 0.1) is 5.57 Å². The van der Waals surface area contributed by atoms with Gasteiger partial charge in [-0.2, -0.15) is 5.10 Å². The van der Waals surface area contributed by atoms with Crippen molar-refractivity contribution in [1.82, 2.24) is 5.43 Å². The third kappa shape index (κ3) is 6.07. The van der Waals surface area contributed by atoms with Crippen molar-refractivity contribution < 1.29 is 4.79 Å². The second kappa shape index (κ2) is 8.52. The van der Waals surface area contributed by atoms with Gasteiger partial charge < -0.3 is 5.73 Å². The van der Waals surface area contributed by atoms with Crippen molar-refractivity contribution in [2.75, 3.05) is 0 Å². The van der Waals surface area contributed by atoms with Gasteiger partial charge >= 0.3 is 0 Å². The molecule has 18 heavy (non-hydrogen) atoms. The normalized spacial score (nSPS) is 29.2. The molecule has 1 rings (SSSR count). The fraction of sp³-hybridized carbons (Fsp3) is 0. The Bertz CT molecular complexity index is 477. The summed E-state index contributed by atoms with van der Waals surface area (Å²) in [5.74, 6) is -0.514. The number of nitrogens with zero attached hydrogens (tertiary/aromatic N) is 1. The molecule has 0 aliphatic carbocycles. The molecule has 0 aromatic rings. The number of carbonyl (C=O) groups is 1. The molecule has 1 heterocycles. The summed E-state index contributed by atoms with van der Waals surface area (Å²) in [5, 5.41) is 3.87. The van der Waals surface area contributed by atoms with E-state index in [2.05, 4.69) is 10.5 Å². The van der Waals surface area contributed by atoms with Crippen molar-refractivity contribution in [2.24, 2.45) is 10.8 Å². The van der Waals surface area contributed by atoms with Crippen LogP contribution in [0.5, 0.6) is 0 Å². The highest BCUT2D eigenvalue weighted by Gasteiger charge is 1.97. The lowest BCUT2D eigenvalue weighted by molar-refractivity contribution is -0.114. The summed E-state index contributed by atoms with van der Waals surface area (Å²) < 4.78 is 0. The average Bonchev–Trinajstić information content (AvgIpc) is 2.36. The van der Waals surface area contributed by atoms with E-state index in [1.54, 1.807) is 30.5 Å². The summed E-state index contributed by atoms with van der Waals surface area (Å²) in [5.41, 5.74) is 8.19. The molecule has 4 heteroatoms. The fourth-order valence-electron chi connectivity index (χ4n) is 1.05. The summed E-state index contributed by atoms with van der Waals surface area (Å²) in [6, 6.07) is 0. The molecule has 0 unspecified atom stereocenters. The van der Waals surface area contributed by atoms with Gasteiger partial charge in [0.2, 0.25) is 5.91 Å². The molecule has 4 nitrogen and oxygen atoms in total. The molecule has 3 N–H and O–H groups in total. The number of nitrogens with one attached hydrogen (secondary N) is 1. The zero-order valence-electron chi connectivity index (χ0n) is 9.86. The number of amides is 1. The van der Waals surface area contributed by atoms with E-state index in [0.29, 0.717) is 5.57 Å². The summed E-state index contributed by atoms with van der Waals surface area (Å²) >= 11 is 0. The van der Waals surface area contributed by atoms with Crippen LogP contribution in [0.3, 0.4) is 0 Å². The van der Waals surface area contributed by atoms with Gasteiger partial charge in [-0.1, -0.05) is 48.6 Å². The number of nitrogens with two attached hydrogens (primary N) is 1. The highest BCUT2D eigenvalue weighted by Crippen LogP contribution is 1.95. The molecule has 0 bridgehead atoms. The van der Waals surface area contributed by atoms with E-state index >= 15 is 0 Å². The molecule has 1 aliphatic heterocycles. The van der Waals surface area contributed by atoms with E-state index in [1.807, 2.05) is 36.5 Å². The van der Waals surface area contributed by atoms with Crippen molar-refractivity contribution in [2.45, 2.75) is 0 Å². The van der Waals surface area contributed by atoms with Gasteiger partial charge in [0.25, 0.3) is 0 Å². The number of hydrogen-bond donors (Lipinski definition) is 2. The van der Waals surface area contributed by atoms with Gasteiger partial charge in [0, 0.05) is 12.4 Å². The lowest BCUT2D eigenvalue weighted by Gasteiger charge is -1.95. The predicted molar refractivity (Wildman–Crippen MR) is 74.6 cm³/mol. The average molecular weight is 241 g/mol. The molecule has 1 aliphatic rings. The molecular formula is C14H15N3O. The Kier molecular flexibility index (Phi) is 6.37. The van der Waals surface area contributed by atoms with Crippen LogP contribution in [0.15, 0.2) is 77.6 Å². The lowest BCUT2D eigenvalue weighted by atomic mass is 10.2. The summed E-state index contributed by atoms with van der Waals surface area (Å²) in [7, 11) is 0. The Balaban J connectivity index is 2.86. The monoisotopic (exact) mass is 241 g/mol. The highest BCUT2D eigenvalue weighted by atomic mass is 16.1. The Hall–Kier alpha value is -2.62. The molecule has 0 fully saturated rings. The predicted octanol–water partition coefficient (Wildman–Crippen LogP) is 1.73. The van der Waals surface area contributed by atoms with E-state index in [4.69, 9.17) is 5.73 Å². The van der Waals surface area contributed by atoms with Crippen LogP contribution in [0, 0.1) is 0 Å². The number of hydrazone groups is 1.